The fourth-order valence-electron chi connectivity index (χ4n) is 9.62. The van der Waals surface area contributed by atoms with Gasteiger partial charge in [-0.05, 0) is 93.6 Å². The van der Waals surface area contributed by atoms with Crippen LogP contribution in [0.5, 0.6) is 5.75 Å². The zero-order valence-corrected chi connectivity index (χ0v) is 62.2. The Morgan fingerprint density at radius 1 is 0.596 bits per heavy atom. The minimum atomic E-state index is -2.00. The van der Waals surface area contributed by atoms with E-state index >= 15 is 0 Å². The summed E-state index contributed by atoms with van der Waals surface area (Å²) in [5.74, 6) is 3.04. The van der Waals surface area contributed by atoms with Gasteiger partial charge in [-0.25, -0.2) is 0 Å². The first kappa shape index (κ1) is 85.9. The topological polar surface area (TPSA) is 72.5 Å². The van der Waals surface area contributed by atoms with Crippen LogP contribution in [0.2, 0.25) is 0 Å². The maximum absolute atomic E-state index is 12.0. The molecule has 1 aliphatic rings. The molecular formula is C72H114Cl5F3N3O5Ru-. The molecule has 1 saturated heterocycles. The second kappa shape index (κ2) is 53.3. The van der Waals surface area contributed by atoms with Crippen molar-refractivity contribution in [1.29, 1.82) is 0 Å². The summed E-state index contributed by atoms with van der Waals surface area (Å²) >= 11 is 11.6. The Hall–Kier alpha value is -3.12. The normalized spacial score (nSPS) is 12.6. The molecule has 0 radical (unpaired) electrons. The van der Waals surface area contributed by atoms with Crippen molar-refractivity contribution >= 4 is 81.9 Å². The van der Waals surface area contributed by atoms with E-state index in [0.717, 1.165) is 44.4 Å². The van der Waals surface area contributed by atoms with Crippen molar-refractivity contribution in [2.75, 3.05) is 48.0 Å². The van der Waals surface area contributed by atoms with Crippen LogP contribution in [-0.4, -0.2) is 49.7 Å². The smallest absolute Gasteiger partial charge is 0.236 e. The van der Waals surface area contributed by atoms with Gasteiger partial charge in [0.25, 0.3) is 0 Å². The number of para-hydroxylation sites is 2. The summed E-state index contributed by atoms with van der Waals surface area (Å²) in [5, 5.41) is -1.10. The number of nitrogens with one attached hydrogen (secondary N) is 1. The largest absolute Gasteiger partial charge is 0.502 e. The van der Waals surface area contributed by atoms with Crippen LogP contribution in [-0.2, 0) is 27.7 Å². The minimum Gasteiger partial charge on any atom is -0.502 e. The first-order chi connectivity index (χ1) is 42.3. The summed E-state index contributed by atoms with van der Waals surface area (Å²) in [6.45, 7) is 40.6. The van der Waals surface area contributed by atoms with E-state index in [2.05, 4.69) is 157 Å². The van der Waals surface area contributed by atoms with Gasteiger partial charge < -0.3 is 19.3 Å². The zero-order valence-electron chi connectivity index (χ0n) is 56.7. The first-order valence-electron chi connectivity index (χ1n) is 32.8. The third kappa shape index (κ3) is 42.0. The Balaban J connectivity index is 0.00000116. The number of ether oxygens (including phenoxy) is 4. The Morgan fingerprint density at radius 2 is 0.978 bits per heavy atom. The van der Waals surface area contributed by atoms with Crippen LogP contribution in [0.3, 0.4) is 0 Å². The van der Waals surface area contributed by atoms with E-state index in [1.165, 1.54) is 155 Å². The third-order valence-corrected chi connectivity index (χ3v) is 16.5. The van der Waals surface area contributed by atoms with E-state index in [1.807, 2.05) is 27.7 Å². The predicted molar refractivity (Wildman–Crippen MR) is 379 cm³/mol. The van der Waals surface area contributed by atoms with E-state index < -0.39 is 35.5 Å². The molecule has 1 amide bonds. The van der Waals surface area contributed by atoms with Crippen molar-refractivity contribution < 1.29 is 50.4 Å². The van der Waals surface area contributed by atoms with Crippen molar-refractivity contribution in [2.24, 2.45) is 5.92 Å². The second-order valence-electron chi connectivity index (χ2n) is 24.2. The summed E-state index contributed by atoms with van der Waals surface area (Å²) in [4.78, 5) is 16.7. The number of rotatable bonds is 36. The van der Waals surface area contributed by atoms with Crippen LogP contribution in [0.1, 0.15) is 277 Å². The van der Waals surface area contributed by atoms with Crippen molar-refractivity contribution in [2.45, 2.75) is 255 Å². The molecule has 512 valence electrons. The molecule has 3 aromatic rings. The van der Waals surface area contributed by atoms with Gasteiger partial charge in [-0.2, -0.15) is 19.8 Å². The average molecular weight is 1440 g/mol. The van der Waals surface area contributed by atoms with Gasteiger partial charge in [0.05, 0.1) is 19.5 Å². The molecule has 8 nitrogen and oxygen atoms in total. The van der Waals surface area contributed by atoms with Gasteiger partial charge in [-0.1, -0.05) is 228 Å². The molecule has 89 heavy (non-hydrogen) atoms. The van der Waals surface area contributed by atoms with E-state index in [0.29, 0.717) is 48.3 Å². The van der Waals surface area contributed by atoms with Crippen molar-refractivity contribution in [1.82, 2.24) is 0 Å². The monoisotopic (exact) mass is 1430 g/mol. The van der Waals surface area contributed by atoms with Crippen LogP contribution < -0.4 is 19.9 Å². The number of anilines is 3. The predicted octanol–water partition coefficient (Wildman–Crippen LogP) is 25.9. The van der Waals surface area contributed by atoms with Gasteiger partial charge in [0.2, 0.25) is 15.9 Å². The number of hydrogen-bond acceptors (Lipinski definition) is 7. The molecule has 0 atom stereocenters. The Labute approximate surface area is 567 Å². The molecule has 1 N–H and O–H groups in total. The van der Waals surface area contributed by atoms with Gasteiger partial charge in [0.15, 0.2) is 0 Å². The molecule has 0 spiro atoms. The first-order valence-corrected chi connectivity index (χ1v) is 39.4. The summed E-state index contributed by atoms with van der Waals surface area (Å²) in [6, 6.07) is 19.0. The van der Waals surface area contributed by atoms with Crippen molar-refractivity contribution in [3.63, 3.8) is 0 Å². The number of nitrogens with zero attached hydrogens (tertiary/aromatic N) is 2. The molecule has 1 fully saturated rings. The number of halogens is 8. The molecule has 1 heterocycles. The van der Waals surface area contributed by atoms with E-state index in [1.54, 1.807) is 22.8 Å². The number of carbonyl (C=O) groups is 1. The SMILES string of the molecule is C=COCCCCCCCCCCCC.CC(C)COC(=O)Nc1ccc(OC(C)C)c([CH]=[Ru]([Cl])[Cl])c1.CC(C)c1cccc(C(C)C)c1N1[CH-]N(c2c(C(C)C)cccc2C(C)C)CC1.CCCCCCCCCCCCO/C=C(/F)Cl.FC(Cl)=C(F)Cl. The number of carbonyl (C=O) groups excluding carboxylic acids is 1. The Kier molecular flexibility index (Phi) is 51.4. The quantitative estimate of drug-likeness (QED) is 0.0269. The molecule has 0 bridgehead atoms. The van der Waals surface area contributed by atoms with Gasteiger partial charge in [-0.15, -0.1) is 0 Å². The molecule has 3 aromatic carbocycles. The Morgan fingerprint density at radius 3 is 1.30 bits per heavy atom. The van der Waals surface area contributed by atoms with Gasteiger partial charge >= 0.3 is 145 Å². The summed E-state index contributed by atoms with van der Waals surface area (Å²) in [6.07, 6.45) is 28.7. The van der Waals surface area contributed by atoms with E-state index in [-0.39, 0.29) is 12.0 Å². The molecule has 0 saturated carbocycles. The van der Waals surface area contributed by atoms with Gasteiger partial charge in [-0.3, -0.25) is 0 Å². The molecule has 0 aliphatic carbocycles. The molecule has 0 unspecified atom stereocenters. The van der Waals surface area contributed by atoms with Crippen molar-refractivity contribution in [3.05, 3.63) is 124 Å². The minimum absolute atomic E-state index is 0.0354. The summed E-state index contributed by atoms with van der Waals surface area (Å²) in [7, 11) is 11.9. The number of unbranched alkanes of at least 4 members (excludes halogenated alkanes) is 18. The molecule has 4 rings (SSSR count). The van der Waals surface area contributed by atoms with E-state index in [4.69, 9.17) is 49.9 Å². The fourth-order valence-corrected chi connectivity index (χ4v) is 11.5. The zero-order chi connectivity index (χ0) is 67.1. The van der Waals surface area contributed by atoms with Crippen LogP contribution in [0, 0.1) is 12.6 Å². The summed E-state index contributed by atoms with van der Waals surface area (Å²) in [5.41, 5.74) is 10.1. The number of hydrogen-bond donors (Lipinski definition) is 1. The molecular weight excluding hydrogens is 1320 g/mol. The summed E-state index contributed by atoms with van der Waals surface area (Å²) < 4.78 is 56.5. The second-order valence-corrected chi connectivity index (χ2v) is 31.0. The standard InChI is InChI=1S/C27H39N2.C15H21NO3.C14H26ClFO.C14H28O.C2Cl2F2.2ClH.Ru/c1-18(2)22-11-9-12-23(19(3)4)26(22)28-15-16-29(17-28)27-24(20(5)6)13-10-14-25(27)21(7)8;1-10(2)9-18-15(17)16-13-6-7-14(12(5)8-13)19-11(3)4;1-2-3-4-5-6-7-8-9-10-11-12-17-13-14(15)16;1-3-5-6-7-8-9-10-11-12-13-14-15-4-2;3-1(5)2(4)6;;;/h9-14,17-21H,15-16H2,1-8H3;5-8,10-11H,9H2,1-4H3,(H,16,17);13H,2-12H2,1H3;4H,2-3,5-14H2,1H3;;2*1H;/q-1;;;;;;;+2/p-2/b;;14-13+;;;;;. The third-order valence-electron chi connectivity index (χ3n) is 14.1. The molecule has 1 aliphatic heterocycles. The maximum Gasteiger partial charge on any atom is 0.236 e. The van der Waals surface area contributed by atoms with Gasteiger partial charge in [0, 0.05) is 24.5 Å². The van der Waals surface area contributed by atoms with Crippen LogP contribution >= 0.6 is 54.2 Å². The fraction of sp³-hybridized carbons (Fsp3) is 0.625. The van der Waals surface area contributed by atoms with Gasteiger partial charge in [0.1, 0.15) is 6.26 Å². The number of benzene rings is 3. The molecule has 17 heteroatoms. The number of amides is 1. The Bertz CT molecular complexity index is 2300. The van der Waals surface area contributed by atoms with E-state index in [9.17, 15) is 18.0 Å². The van der Waals surface area contributed by atoms with Crippen LogP contribution in [0.4, 0.5) is 35.0 Å². The van der Waals surface area contributed by atoms with Crippen LogP contribution in [0.25, 0.3) is 0 Å². The van der Waals surface area contributed by atoms with Crippen LogP contribution in [0.15, 0.2) is 89.6 Å². The maximum atomic E-state index is 12.0. The molecule has 0 aromatic heterocycles. The average Bonchev–Trinajstić information content (AvgIpc) is 2.02. The van der Waals surface area contributed by atoms with Crippen molar-refractivity contribution in [3.8, 4) is 5.75 Å².